The van der Waals surface area contributed by atoms with E-state index in [9.17, 15) is 18.0 Å². The van der Waals surface area contributed by atoms with Crippen LogP contribution in [-0.4, -0.2) is 44.3 Å². The SMILES string of the molecule is CCCC(=O)N1CCC1(C)C(=O)NS(=O)(=O)c1ccc(C)cc1OC. The van der Waals surface area contributed by atoms with Gasteiger partial charge in [-0.05, 0) is 44.4 Å². The number of nitrogens with zero attached hydrogens (tertiary/aromatic N) is 1. The molecule has 0 radical (unpaired) electrons. The van der Waals surface area contributed by atoms with Crippen molar-refractivity contribution in [2.45, 2.75) is 50.5 Å². The van der Waals surface area contributed by atoms with Gasteiger partial charge in [-0.2, -0.15) is 0 Å². The molecule has 1 unspecified atom stereocenters. The Labute approximate surface area is 148 Å². The zero-order chi connectivity index (χ0) is 18.8. The Hall–Kier alpha value is -2.09. The quantitative estimate of drug-likeness (QED) is 0.823. The van der Waals surface area contributed by atoms with Crippen LogP contribution in [0.25, 0.3) is 0 Å². The molecule has 1 aromatic carbocycles. The van der Waals surface area contributed by atoms with Crippen LogP contribution in [0.15, 0.2) is 23.1 Å². The lowest BCUT2D eigenvalue weighted by Gasteiger charge is -2.48. The summed E-state index contributed by atoms with van der Waals surface area (Å²) in [6.07, 6.45) is 1.43. The first-order valence-corrected chi connectivity index (χ1v) is 9.66. The van der Waals surface area contributed by atoms with Gasteiger partial charge in [-0.3, -0.25) is 9.59 Å². The van der Waals surface area contributed by atoms with Gasteiger partial charge >= 0.3 is 0 Å². The molecule has 2 rings (SSSR count). The summed E-state index contributed by atoms with van der Waals surface area (Å²) in [5, 5.41) is 0. The maximum absolute atomic E-state index is 12.6. The van der Waals surface area contributed by atoms with Crippen molar-refractivity contribution < 1.29 is 22.7 Å². The van der Waals surface area contributed by atoms with Crippen molar-refractivity contribution in [3.8, 4) is 5.75 Å². The van der Waals surface area contributed by atoms with Crippen LogP contribution < -0.4 is 9.46 Å². The Bertz CT molecular complexity index is 790. The number of hydrogen-bond donors (Lipinski definition) is 1. The molecule has 8 heteroatoms. The van der Waals surface area contributed by atoms with Crippen LogP contribution in [0.2, 0.25) is 0 Å². The molecule has 0 spiro atoms. The number of benzene rings is 1. The summed E-state index contributed by atoms with van der Waals surface area (Å²) in [6, 6.07) is 4.61. The van der Waals surface area contributed by atoms with E-state index in [-0.39, 0.29) is 16.6 Å². The van der Waals surface area contributed by atoms with Gasteiger partial charge in [0.1, 0.15) is 16.2 Å². The topological polar surface area (TPSA) is 92.8 Å². The Morgan fingerprint density at radius 3 is 2.56 bits per heavy atom. The zero-order valence-corrected chi connectivity index (χ0v) is 15.8. The van der Waals surface area contributed by atoms with Crippen molar-refractivity contribution in [2.24, 2.45) is 0 Å². The molecule has 25 heavy (non-hydrogen) atoms. The predicted molar refractivity (Wildman–Crippen MR) is 92.7 cm³/mol. The Morgan fingerprint density at radius 2 is 2.04 bits per heavy atom. The van der Waals surface area contributed by atoms with Crippen molar-refractivity contribution >= 4 is 21.8 Å². The number of rotatable bonds is 6. The lowest BCUT2D eigenvalue weighted by atomic mass is 9.85. The Balaban J connectivity index is 2.23. The third-order valence-electron chi connectivity index (χ3n) is 4.51. The van der Waals surface area contributed by atoms with E-state index >= 15 is 0 Å². The highest BCUT2D eigenvalue weighted by molar-refractivity contribution is 7.90. The molecule has 1 heterocycles. The van der Waals surface area contributed by atoms with Crippen molar-refractivity contribution in [3.63, 3.8) is 0 Å². The fourth-order valence-corrected chi connectivity index (χ4v) is 4.06. The molecule has 1 saturated heterocycles. The third kappa shape index (κ3) is 3.63. The molecule has 2 amide bonds. The molecule has 0 aliphatic carbocycles. The minimum atomic E-state index is -4.10. The van der Waals surface area contributed by atoms with Crippen LogP contribution in [-0.2, 0) is 19.6 Å². The van der Waals surface area contributed by atoms with Crippen molar-refractivity contribution in [2.75, 3.05) is 13.7 Å². The number of hydrogen-bond acceptors (Lipinski definition) is 5. The summed E-state index contributed by atoms with van der Waals surface area (Å²) >= 11 is 0. The first kappa shape index (κ1) is 19.2. The summed E-state index contributed by atoms with van der Waals surface area (Å²) in [7, 11) is -2.73. The second kappa shape index (κ2) is 7.03. The van der Waals surface area contributed by atoms with Gasteiger partial charge in [0.2, 0.25) is 5.91 Å². The molecule has 0 aromatic heterocycles. The number of ether oxygens (including phenoxy) is 1. The fourth-order valence-electron chi connectivity index (χ4n) is 2.83. The highest BCUT2D eigenvalue weighted by Gasteiger charge is 2.50. The first-order chi connectivity index (χ1) is 11.7. The van der Waals surface area contributed by atoms with Crippen LogP contribution in [0, 0.1) is 6.92 Å². The van der Waals surface area contributed by atoms with Gasteiger partial charge in [0.15, 0.2) is 0 Å². The molecule has 138 valence electrons. The van der Waals surface area contributed by atoms with Crippen LogP contribution in [0.3, 0.4) is 0 Å². The van der Waals surface area contributed by atoms with Crippen LogP contribution >= 0.6 is 0 Å². The van der Waals surface area contributed by atoms with Gasteiger partial charge in [0, 0.05) is 13.0 Å². The first-order valence-electron chi connectivity index (χ1n) is 8.18. The number of carbonyl (C=O) groups is 2. The number of nitrogens with one attached hydrogen (secondary N) is 1. The molecule has 1 aliphatic rings. The van der Waals surface area contributed by atoms with Crippen molar-refractivity contribution in [1.82, 2.24) is 9.62 Å². The molecule has 1 fully saturated rings. The summed E-state index contributed by atoms with van der Waals surface area (Å²) < 4.78 is 32.4. The normalized spacial score (nSPS) is 19.9. The van der Waals surface area contributed by atoms with Crippen LogP contribution in [0.5, 0.6) is 5.75 Å². The molecule has 1 N–H and O–H groups in total. The van der Waals surface area contributed by atoms with E-state index in [1.54, 1.807) is 19.1 Å². The van der Waals surface area contributed by atoms with Crippen molar-refractivity contribution in [1.29, 1.82) is 0 Å². The maximum atomic E-state index is 12.6. The summed E-state index contributed by atoms with van der Waals surface area (Å²) in [5.41, 5.74) is -0.304. The summed E-state index contributed by atoms with van der Waals surface area (Å²) in [6.45, 7) is 5.73. The van der Waals surface area contributed by atoms with Gasteiger partial charge in [-0.15, -0.1) is 0 Å². The van der Waals surface area contributed by atoms with Gasteiger partial charge in [0.05, 0.1) is 7.11 Å². The number of sulfonamides is 1. The van der Waals surface area contributed by atoms with Crippen molar-refractivity contribution in [3.05, 3.63) is 23.8 Å². The number of carbonyl (C=O) groups excluding carboxylic acids is 2. The van der Waals surface area contributed by atoms with E-state index in [2.05, 4.69) is 4.72 Å². The number of amides is 2. The fraction of sp³-hybridized carbons (Fsp3) is 0.529. The molecule has 1 atom stereocenters. The van der Waals surface area contributed by atoms with Gasteiger partial charge in [-0.1, -0.05) is 13.0 Å². The summed E-state index contributed by atoms with van der Waals surface area (Å²) in [5.74, 6) is -0.680. The van der Waals surface area contributed by atoms with E-state index in [0.717, 1.165) is 5.56 Å². The lowest BCUT2D eigenvalue weighted by Crippen LogP contribution is -2.67. The molecule has 7 nitrogen and oxygen atoms in total. The highest BCUT2D eigenvalue weighted by Crippen LogP contribution is 2.32. The molecule has 1 aliphatic heterocycles. The largest absolute Gasteiger partial charge is 0.495 e. The van der Waals surface area contributed by atoms with E-state index < -0.39 is 21.5 Å². The number of aryl methyl sites for hydroxylation is 1. The van der Waals surface area contributed by atoms with Gasteiger partial charge < -0.3 is 9.64 Å². The third-order valence-corrected chi connectivity index (χ3v) is 5.88. The lowest BCUT2D eigenvalue weighted by molar-refractivity contribution is -0.156. The average Bonchev–Trinajstić information content (AvgIpc) is 2.52. The molecular weight excluding hydrogens is 344 g/mol. The number of methoxy groups -OCH3 is 1. The molecular formula is C17H24N2O5S. The van der Waals surface area contributed by atoms with E-state index in [1.807, 2.05) is 13.8 Å². The van der Waals surface area contributed by atoms with E-state index in [0.29, 0.717) is 25.8 Å². The van der Waals surface area contributed by atoms with Gasteiger partial charge in [-0.25, -0.2) is 13.1 Å². The summed E-state index contributed by atoms with van der Waals surface area (Å²) in [4.78, 5) is 26.0. The second-order valence-electron chi connectivity index (χ2n) is 6.41. The number of likely N-dealkylation sites (tertiary alicyclic amines) is 1. The smallest absolute Gasteiger partial charge is 0.267 e. The minimum Gasteiger partial charge on any atom is -0.495 e. The van der Waals surface area contributed by atoms with Crippen LogP contribution in [0.1, 0.15) is 38.7 Å². The minimum absolute atomic E-state index is 0.108. The highest BCUT2D eigenvalue weighted by atomic mass is 32.2. The maximum Gasteiger partial charge on any atom is 0.267 e. The van der Waals surface area contributed by atoms with E-state index in [4.69, 9.17) is 4.74 Å². The Morgan fingerprint density at radius 1 is 1.36 bits per heavy atom. The average molecular weight is 368 g/mol. The van der Waals surface area contributed by atoms with E-state index in [1.165, 1.54) is 18.1 Å². The van der Waals surface area contributed by atoms with Crippen LogP contribution in [0.4, 0.5) is 0 Å². The molecule has 0 saturated carbocycles. The second-order valence-corrected chi connectivity index (χ2v) is 8.06. The molecule has 0 bridgehead atoms. The zero-order valence-electron chi connectivity index (χ0n) is 15.0. The monoisotopic (exact) mass is 368 g/mol. The standard InChI is InChI=1S/C17H24N2O5S/c1-5-6-15(20)19-10-9-17(19,3)16(21)18-25(22,23)14-8-7-12(2)11-13(14)24-4/h7-8,11H,5-6,9-10H2,1-4H3,(H,18,21). The Kier molecular flexibility index (Phi) is 5.41. The predicted octanol–water partition coefficient (Wildman–Crippen LogP) is 1.60. The van der Waals surface area contributed by atoms with Gasteiger partial charge in [0.25, 0.3) is 15.9 Å². The molecule has 1 aromatic rings.